The van der Waals surface area contributed by atoms with Crippen LogP contribution in [0.3, 0.4) is 0 Å². The molecule has 0 aromatic heterocycles. The van der Waals surface area contributed by atoms with Crippen LogP contribution in [0.5, 0.6) is 5.75 Å². The van der Waals surface area contributed by atoms with Crippen LogP contribution in [0.1, 0.15) is 28.8 Å². The van der Waals surface area contributed by atoms with Crippen molar-refractivity contribution >= 4 is 17.5 Å². The van der Waals surface area contributed by atoms with E-state index < -0.39 is 0 Å². The summed E-state index contributed by atoms with van der Waals surface area (Å²) in [5, 5.41) is 0. The van der Waals surface area contributed by atoms with E-state index in [4.69, 9.17) is 4.74 Å². The number of amides is 2. The predicted molar refractivity (Wildman–Crippen MR) is 104 cm³/mol. The van der Waals surface area contributed by atoms with Crippen molar-refractivity contribution in [1.29, 1.82) is 0 Å². The predicted octanol–water partition coefficient (Wildman–Crippen LogP) is 3.14. The van der Waals surface area contributed by atoms with E-state index in [1.54, 1.807) is 19.2 Å². The molecule has 0 spiro atoms. The number of rotatable bonds is 3. The summed E-state index contributed by atoms with van der Waals surface area (Å²) in [5.74, 6) is 0.751. The fourth-order valence-electron chi connectivity index (χ4n) is 4.11. The van der Waals surface area contributed by atoms with Gasteiger partial charge in [-0.1, -0.05) is 30.3 Å². The lowest BCUT2D eigenvalue weighted by Gasteiger charge is -2.33. The molecule has 5 heteroatoms. The first-order valence-electron chi connectivity index (χ1n) is 9.50. The molecule has 1 fully saturated rings. The van der Waals surface area contributed by atoms with Crippen LogP contribution in [0.15, 0.2) is 48.5 Å². The monoisotopic (exact) mass is 364 g/mol. The first-order valence-corrected chi connectivity index (χ1v) is 9.50. The van der Waals surface area contributed by atoms with Crippen molar-refractivity contribution in [2.45, 2.75) is 19.3 Å². The van der Waals surface area contributed by atoms with Crippen LogP contribution in [0.4, 0.5) is 5.69 Å². The summed E-state index contributed by atoms with van der Waals surface area (Å²) in [6, 6.07) is 15.4. The Hall–Kier alpha value is -2.82. The number of carbonyl (C=O) groups excluding carboxylic acids is 2. The molecule has 0 unspecified atom stereocenters. The maximum Gasteiger partial charge on any atom is 0.257 e. The van der Waals surface area contributed by atoms with Crippen molar-refractivity contribution in [3.05, 3.63) is 59.7 Å². The highest BCUT2D eigenvalue weighted by atomic mass is 16.5. The average Bonchev–Trinajstić information content (AvgIpc) is 3.17. The standard InChI is InChI=1S/C22H24N2O3/c1-27-20-9-5-3-7-18(20)22(26)23-13-10-17(11-14-23)21(25)24-15-12-16-6-2-4-8-19(16)24/h2-9,17H,10-15H2,1H3. The third-order valence-corrected chi connectivity index (χ3v) is 5.62. The number of anilines is 1. The van der Waals surface area contributed by atoms with Crippen molar-refractivity contribution in [2.75, 3.05) is 31.6 Å². The lowest BCUT2D eigenvalue weighted by Crippen LogP contribution is -2.44. The average molecular weight is 364 g/mol. The van der Waals surface area contributed by atoms with Gasteiger partial charge in [0.1, 0.15) is 5.75 Å². The topological polar surface area (TPSA) is 49.9 Å². The third kappa shape index (κ3) is 3.29. The molecule has 2 amide bonds. The van der Waals surface area contributed by atoms with E-state index in [0.717, 1.165) is 18.7 Å². The maximum absolute atomic E-state index is 13.0. The highest BCUT2D eigenvalue weighted by molar-refractivity contribution is 5.98. The van der Waals surface area contributed by atoms with Crippen LogP contribution in [-0.2, 0) is 11.2 Å². The molecule has 27 heavy (non-hydrogen) atoms. The Morgan fingerprint density at radius 3 is 2.44 bits per heavy atom. The number of likely N-dealkylation sites (tertiary alicyclic amines) is 1. The van der Waals surface area contributed by atoms with Gasteiger partial charge in [-0.15, -0.1) is 0 Å². The zero-order valence-electron chi connectivity index (χ0n) is 15.6. The normalized spacial score (nSPS) is 16.9. The number of ether oxygens (including phenoxy) is 1. The molecule has 4 rings (SSSR count). The molecule has 2 heterocycles. The number of para-hydroxylation sites is 2. The Balaban J connectivity index is 1.41. The number of hydrogen-bond acceptors (Lipinski definition) is 3. The van der Waals surface area contributed by atoms with Gasteiger partial charge >= 0.3 is 0 Å². The smallest absolute Gasteiger partial charge is 0.257 e. The Labute approximate surface area is 159 Å². The van der Waals surface area contributed by atoms with Gasteiger partial charge in [0.05, 0.1) is 12.7 Å². The SMILES string of the molecule is COc1ccccc1C(=O)N1CCC(C(=O)N2CCc3ccccc32)CC1. The molecule has 0 bridgehead atoms. The lowest BCUT2D eigenvalue weighted by atomic mass is 9.94. The van der Waals surface area contributed by atoms with Crippen molar-refractivity contribution in [2.24, 2.45) is 5.92 Å². The van der Waals surface area contributed by atoms with Crippen molar-refractivity contribution in [1.82, 2.24) is 4.90 Å². The van der Waals surface area contributed by atoms with Crippen molar-refractivity contribution in [3.63, 3.8) is 0 Å². The molecule has 1 saturated heterocycles. The van der Waals surface area contributed by atoms with Crippen molar-refractivity contribution in [3.8, 4) is 5.75 Å². The fraction of sp³-hybridized carbons (Fsp3) is 0.364. The summed E-state index contributed by atoms with van der Waals surface area (Å²) in [6.45, 7) is 1.96. The molecule has 0 radical (unpaired) electrons. The number of methoxy groups -OCH3 is 1. The Bertz CT molecular complexity index is 856. The van der Waals surface area contributed by atoms with Crippen LogP contribution < -0.4 is 9.64 Å². The van der Waals surface area contributed by atoms with E-state index in [9.17, 15) is 9.59 Å². The van der Waals surface area contributed by atoms with Crippen LogP contribution in [0.25, 0.3) is 0 Å². The second-order valence-corrected chi connectivity index (χ2v) is 7.14. The van der Waals surface area contributed by atoms with Gasteiger partial charge < -0.3 is 14.5 Å². The van der Waals surface area contributed by atoms with Gasteiger partial charge in [0.15, 0.2) is 0 Å². The summed E-state index contributed by atoms with van der Waals surface area (Å²) in [7, 11) is 1.57. The third-order valence-electron chi connectivity index (χ3n) is 5.62. The van der Waals surface area contributed by atoms with Crippen LogP contribution in [0.2, 0.25) is 0 Å². The zero-order chi connectivity index (χ0) is 18.8. The summed E-state index contributed by atoms with van der Waals surface area (Å²) in [4.78, 5) is 29.6. The highest BCUT2D eigenvalue weighted by Crippen LogP contribution is 2.31. The van der Waals surface area contributed by atoms with Gasteiger partial charge in [0.2, 0.25) is 5.91 Å². The molecule has 2 aliphatic rings. The Morgan fingerprint density at radius 1 is 0.963 bits per heavy atom. The van der Waals surface area contributed by atoms with Gasteiger partial charge in [-0.05, 0) is 43.0 Å². The number of piperidine rings is 1. The van der Waals surface area contributed by atoms with Crippen LogP contribution in [0, 0.1) is 5.92 Å². The number of nitrogens with zero attached hydrogens (tertiary/aromatic N) is 2. The number of hydrogen-bond donors (Lipinski definition) is 0. The molecule has 2 aromatic rings. The quantitative estimate of drug-likeness (QED) is 0.841. The second-order valence-electron chi connectivity index (χ2n) is 7.14. The van der Waals surface area contributed by atoms with E-state index in [-0.39, 0.29) is 17.7 Å². The summed E-state index contributed by atoms with van der Waals surface area (Å²) < 4.78 is 5.31. The first kappa shape index (κ1) is 17.6. The highest BCUT2D eigenvalue weighted by Gasteiger charge is 2.33. The summed E-state index contributed by atoms with van der Waals surface area (Å²) in [5.41, 5.74) is 2.88. The summed E-state index contributed by atoms with van der Waals surface area (Å²) in [6.07, 6.45) is 2.34. The molecule has 2 aromatic carbocycles. The van der Waals surface area contributed by atoms with E-state index >= 15 is 0 Å². The van der Waals surface area contributed by atoms with Crippen LogP contribution >= 0.6 is 0 Å². The second kappa shape index (κ2) is 7.43. The minimum absolute atomic E-state index is 0.0159. The molecule has 140 valence electrons. The Morgan fingerprint density at radius 2 is 1.67 bits per heavy atom. The van der Waals surface area contributed by atoms with E-state index in [1.807, 2.05) is 40.1 Å². The van der Waals surface area contributed by atoms with Gasteiger partial charge in [-0.2, -0.15) is 0 Å². The molecule has 0 aliphatic carbocycles. The minimum atomic E-state index is -0.0233. The minimum Gasteiger partial charge on any atom is -0.496 e. The molecule has 2 aliphatic heterocycles. The zero-order valence-corrected chi connectivity index (χ0v) is 15.6. The number of fused-ring (bicyclic) bond motifs is 1. The molecule has 5 nitrogen and oxygen atoms in total. The largest absolute Gasteiger partial charge is 0.496 e. The number of benzene rings is 2. The van der Waals surface area contributed by atoms with Crippen molar-refractivity contribution < 1.29 is 14.3 Å². The first-order chi connectivity index (χ1) is 13.2. The fourth-order valence-corrected chi connectivity index (χ4v) is 4.11. The molecule has 0 saturated carbocycles. The Kier molecular flexibility index (Phi) is 4.84. The lowest BCUT2D eigenvalue weighted by molar-refractivity contribution is -0.123. The van der Waals surface area contributed by atoms with E-state index in [1.165, 1.54) is 5.56 Å². The van der Waals surface area contributed by atoms with Gasteiger partial charge in [-0.25, -0.2) is 0 Å². The molecule has 0 atom stereocenters. The molecular formula is C22H24N2O3. The van der Waals surface area contributed by atoms with E-state index in [0.29, 0.717) is 37.2 Å². The molecule has 0 N–H and O–H groups in total. The molecular weight excluding hydrogens is 340 g/mol. The maximum atomic E-state index is 13.0. The van der Waals surface area contributed by atoms with Gasteiger partial charge in [-0.3, -0.25) is 9.59 Å². The van der Waals surface area contributed by atoms with Crippen LogP contribution in [-0.4, -0.2) is 43.5 Å². The summed E-state index contributed by atoms with van der Waals surface area (Å²) >= 11 is 0. The van der Waals surface area contributed by atoms with Gasteiger partial charge in [0, 0.05) is 31.2 Å². The van der Waals surface area contributed by atoms with Gasteiger partial charge in [0.25, 0.3) is 5.91 Å². The number of carbonyl (C=O) groups is 2. The van der Waals surface area contributed by atoms with E-state index in [2.05, 4.69) is 6.07 Å².